The number of alkyl carbamates (subject to hydrolysis) is 3. The van der Waals surface area contributed by atoms with Crippen molar-refractivity contribution in [1.29, 1.82) is 0 Å². The molecule has 33 nitrogen and oxygen atoms in total. The number of nitrogens with two attached hydrogens (primary N) is 1. The number of hydrogen-bond acceptors (Lipinski definition) is 29. The van der Waals surface area contributed by atoms with E-state index in [1.54, 1.807) is 162 Å². The molecule has 3 aromatic carbocycles. The fraction of sp³-hybridized carbons (Fsp3) is 0.425. The zero-order chi connectivity index (χ0) is 87.7. The maximum atomic E-state index is 13.2. The summed E-state index contributed by atoms with van der Waals surface area (Å²) in [6.07, 6.45) is 2.77. The van der Waals surface area contributed by atoms with Crippen molar-refractivity contribution in [1.82, 2.24) is 45.0 Å². The zero-order valence-corrected chi connectivity index (χ0v) is 77.1. The van der Waals surface area contributed by atoms with Crippen LogP contribution in [0.4, 0.5) is 14.4 Å². The molecule has 0 bridgehead atoms. The Bertz CT molecular complexity index is 5020. The number of carboxylic acid groups (broad SMARTS) is 1. The first-order chi connectivity index (χ1) is 54.7. The number of H-pyrrole nitrogens is 1. The smallest absolute Gasteiger partial charge is 1.00 e. The Morgan fingerprint density at radius 2 is 0.792 bits per heavy atom. The fourth-order valence-corrected chi connectivity index (χ4v) is 12.4. The third-order valence-electron chi connectivity index (χ3n) is 15.8. The zero-order valence-electron chi connectivity index (χ0n) is 71.3. The van der Waals surface area contributed by atoms with E-state index in [-0.39, 0.29) is 148 Å². The molecule has 0 saturated carbocycles. The second kappa shape index (κ2) is 48.5. The number of carboxylic acids is 1. The van der Waals surface area contributed by atoms with Crippen molar-refractivity contribution in [3.8, 4) is 0 Å². The van der Waals surface area contributed by atoms with E-state index < -0.39 is 101 Å². The van der Waals surface area contributed by atoms with Gasteiger partial charge in [0.05, 0.1) is 49.1 Å². The van der Waals surface area contributed by atoms with Crippen LogP contribution in [0.5, 0.6) is 0 Å². The quantitative estimate of drug-likeness (QED) is 0.0102. The minimum atomic E-state index is -1.06. The first kappa shape index (κ1) is 106. The number of carbonyl (C=O) groups is 13. The minimum Gasteiger partial charge on any atom is -1.00 e. The van der Waals surface area contributed by atoms with Crippen molar-refractivity contribution < 1.29 is 141 Å². The number of ketones is 3. The number of fused-ring (bicyclic) bond motifs is 3. The molecule has 0 fully saturated rings. The molecule has 0 aliphatic rings. The molecule has 0 spiro atoms. The molecular formula is C80H102Cl3N10NaO23S3. The summed E-state index contributed by atoms with van der Waals surface area (Å²) in [6, 6.07) is 18.4. The number of halogens is 3. The Labute approximate surface area is 746 Å². The molecule has 3 amide bonds. The Morgan fingerprint density at radius 3 is 1.12 bits per heavy atom. The summed E-state index contributed by atoms with van der Waals surface area (Å²) in [5.74, 6) is -6.04. The number of alkyl halides is 1. The summed E-state index contributed by atoms with van der Waals surface area (Å²) < 4.78 is 47.9. The van der Waals surface area contributed by atoms with Crippen LogP contribution in [0.15, 0.2) is 108 Å². The number of amides is 3. The monoisotopic (exact) mass is 1790 g/mol. The summed E-state index contributed by atoms with van der Waals surface area (Å²) in [4.78, 5) is 171. The van der Waals surface area contributed by atoms with Crippen LogP contribution in [0.1, 0.15) is 197 Å². The number of methoxy groups -OCH3 is 3. The predicted octanol–water partition coefficient (Wildman–Crippen LogP) is 11.3. The molecule has 40 heteroatoms. The van der Waals surface area contributed by atoms with E-state index in [0.717, 1.165) is 50.4 Å². The van der Waals surface area contributed by atoms with Crippen LogP contribution in [0.25, 0.3) is 32.7 Å². The fourth-order valence-electron chi connectivity index (χ4n) is 10.1. The van der Waals surface area contributed by atoms with Crippen LogP contribution in [0, 0.1) is 23.7 Å². The van der Waals surface area contributed by atoms with Crippen LogP contribution in [0.3, 0.4) is 0 Å². The molecule has 6 heterocycles. The van der Waals surface area contributed by atoms with E-state index in [9.17, 15) is 62.3 Å². The minimum absolute atomic E-state index is 0. The van der Waals surface area contributed by atoms with Gasteiger partial charge >= 0.3 is 89.6 Å². The second-order valence-corrected chi connectivity index (χ2v) is 32.6. The molecule has 6 aromatic heterocycles. The maximum absolute atomic E-state index is 13.2. The summed E-state index contributed by atoms with van der Waals surface area (Å²) in [6.45, 7) is 29.6. The Balaban J connectivity index is 0.000000779. The summed E-state index contributed by atoms with van der Waals surface area (Å²) in [5.41, 5.74) is 7.75. The first-order valence-electron chi connectivity index (χ1n) is 36.3. The molecular weight excluding hydrogens is 1690 g/mol. The maximum Gasteiger partial charge on any atom is 1.00 e. The number of esters is 6. The molecule has 0 radical (unpaired) electrons. The third-order valence-corrected chi connectivity index (χ3v) is 18.5. The third kappa shape index (κ3) is 31.9. The van der Waals surface area contributed by atoms with Crippen molar-refractivity contribution in [2.24, 2.45) is 29.4 Å². The van der Waals surface area contributed by atoms with Gasteiger partial charge in [-0.25, -0.2) is 58.1 Å². The Morgan fingerprint density at radius 1 is 0.475 bits per heavy atom. The number of nitrogens with zero attached hydrogens (tertiary/aromatic N) is 5. The molecule has 9 rings (SSSR count). The molecule has 4 atom stereocenters. The SMILES string of the molecule is CC(C)[C@H](NC(=O)OC(C)(C)C)C(=O)O.CC(C)[C@H](NC(=O)OC(C)(C)C)C(=O)OCCl.COC(=O)c1csc(C(=O)c2c[nH]c3ccccc23)n1.COC(=O)c1csc(C(=O)c2cn(COC(=O)[C@@H](N)C(C)C)c3ccccc23)n1.COC(=O)c1csc(C(=O)c2cn(COC(=O)[C@@H](NC(=O)OC(C)(C)C)C(C)C)c3ccccc23)n1.Cl.Cl.[H-].[Na+]. The van der Waals surface area contributed by atoms with Gasteiger partial charge < -0.3 is 85.0 Å². The standard InChI is InChI=1S/C25H29N3O7S.C20H21N3O5S.C14H10N2O3S.C11H20ClNO4.C10H19NO4.2ClH.Na.H/c1-14(2)19(27-24(32)35-25(3,4)5)23(31)34-13-28-11-16(15-9-7-8-10-18(15)28)20(29)21-26-17(12-36-21)22(30)33-6;1-11(2)16(21)20(26)28-10-23-8-13(12-6-4-5-7-15(12)23)17(24)18-22-14(9-29-18)19(25)27-3;1-19-14(18)11-7-20-13(16-11)12(17)9-6-15-10-5-3-2-4-8(9)10;1-7(2)8(9(14)16-6-12)13-10(15)17-11(3,4)5;1-6(2)7(8(12)13)11-9(14)15-10(3,4)5;;;;/h7-12,14,19H,13H2,1-6H3,(H,27,32);4-9,11,16H,10,21H2,1-3H3;2-7,15H,1H3;7-8H,6H2,1-5H3,(H,13,15);6-7H,1-5H3,(H,11,14)(H,12,13);2*1H;;/q;;;;;;;+1;-1/t19-;16-;;8-;7-;;;;/m00.00..../s1. The average Bonchev–Trinajstić information content (AvgIpc) is 1.64. The normalized spacial score (nSPS) is 11.9. The number of aromatic amines is 1. The van der Waals surface area contributed by atoms with Crippen LogP contribution in [-0.4, -0.2) is 180 Å². The number of para-hydroxylation sites is 3. The number of aromatic nitrogens is 6. The number of carbonyl (C=O) groups excluding carboxylic acids is 12. The van der Waals surface area contributed by atoms with Gasteiger partial charge in [-0.15, -0.1) is 58.8 Å². The molecule has 0 unspecified atom stereocenters. The van der Waals surface area contributed by atoms with Gasteiger partial charge in [0.1, 0.15) is 41.0 Å². The molecule has 120 heavy (non-hydrogen) atoms. The number of nitrogens with one attached hydrogen (secondary N) is 4. The molecule has 0 aliphatic carbocycles. The van der Waals surface area contributed by atoms with E-state index in [2.05, 4.69) is 54.8 Å². The predicted molar refractivity (Wildman–Crippen MR) is 452 cm³/mol. The van der Waals surface area contributed by atoms with Crippen LogP contribution >= 0.6 is 70.4 Å². The van der Waals surface area contributed by atoms with Gasteiger partial charge in [0, 0.05) is 56.4 Å². The number of benzene rings is 3. The van der Waals surface area contributed by atoms with Gasteiger partial charge in [-0.2, -0.15) is 0 Å². The Kier molecular flexibility index (Phi) is 42.9. The number of ether oxygens (including phenoxy) is 9. The van der Waals surface area contributed by atoms with Gasteiger partial charge in [0.15, 0.2) is 51.6 Å². The molecule has 9 aromatic rings. The van der Waals surface area contributed by atoms with Crippen molar-refractivity contribution in [2.75, 3.05) is 27.4 Å². The van der Waals surface area contributed by atoms with Gasteiger partial charge in [-0.1, -0.05) is 122 Å². The second-order valence-electron chi connectivity index (χ2n) is 29.9. The number of thiazole rings is 3. The summed E-state index contributed by atoms with van der Waals surface area (Å²) in [5, 5.41) is 23.4. The van der Waals surface area contributed by atoms with Gasteiger partial charge in [0.2, 0.25) is 17.3 Å². The number of rotatable bonds is 25. The molecule has 650 valence electrons. The molecule has 0 saturated heterocycles. The number of aliphatic carboxylic acids is 1. The molecule has 7 N–H and O–H groups in total. The van der Waals surface area contributed by atoms with Gasteiger partial charge in [-0.3, -0.25) is 19.2 Å². The van der Waals surface area contributed by atoms with Crippen LogP contribution in [-0.2, 0) is 75.3 Å². The van der Waals surface area contributed by atoms with Crippen LogP contribution in [0.2, 0.25) is 0 Å². The van der Waals surface area contributed by atoms with Crippen molar-refractivity contribution in [2.45, 2.75) is 172 Å². The number of hydrogen-bond donors (Lipinski definition) is 6. The van der Waals surface area contributed by atoms with Crippen LogP contribution < -0.4 is 51.2 Å². The summed E-state index contributed by atoms with van der Waals surface area (Å²) >= 11 is 8.54. The van der Waals surface area contributed by atoms with Crippen molar-refractivity contribution in [3.05, 3.63) is 156 Å². The van der Waals surface area contributed by atoms with E-state index >= 15 is 0 Å². The van der Waals surface area contributed by atoms with E-state index in [1.807, 2.05) is 56.3 Å². The topological polar surface area (TPSA) is 452 Å². The van der Waals surface area contributed by atoms with Crippen molar-refractivity contribution in [3.63, 3.8) is 0 Å². The summed E-state index contributed by atoms with van der Waals surface area (Å²) in [7, 11) is 3.77. The largest absolute Gasteiger partial charge is 1.00 e. The van der Waals surface area contributed by atoms with E-state index in [1.165, 1.54) is 37.5 Å². The van der Waals surface area contributed by atoms with Gasteiger partial charge in [-0.05, 0) is 104 Å². The van der Waals surface area contributed by atoms with Crippen molar-refractivity contribution >= 4 is 181 Å². The first-order valence-corrected chi connectivity index (χ1v) is 39.4. The average molecular weight is 1800 g/mol. The molecule has 0 aliphatic heterocycles. The van der Waals surface area contributed by atoms with E-state index in [4.69, 9.17) is 46.1 Å². The Hall–Kier alpha value is -9.89. The van der Waals surface area contributed by atoms with E-state index in [0.29, 0.717) is 33.0 Å². The van der Waals surface area contributed by atoms with Gasteiger partial charge in [0.25, 0.3) is 0 Å².